The van der Waals surface area contributed by atoms with Crippen molar-refractivity contribution in [3.05, 3.63) is 47.7 Å². The van der Waals surface area contributed by atoms with Gasteiger partial charge < -0.3 is 0 Å². The summed E-state index contributed by atoms with van der Waals surface area (Å²) in [5.74, 6) is 0. The van der Waals surface area contributed by atoms with Crippen LogP contribution in [-0.2, 0) is 0 Å². The molecular weight excluding hydrogens is 184 g/mol. The van der Waals surface area contributed by atoms with E-state index >= 15 is 0 Å². The number of hydrogen-bond acceptors (Lipinski definition) is 2. The van der Waals surface area contributed by atoms with Crippen LogP contribution in [0.3, 0.4) is 0 Å². The van der Waals surface area contributed by atoms with E-state index in [0.29, 0.717) is 5.56 Å². The molecule has 2 nitrogen and oxygen atoms in total. The third-order valence-corrected chi connectivity index (χ3v) is 2.19. The molecule has 0 aliphatic rings. The van der Waals surface area contributed by atoms with Crippen molar-refractivity contribution in [1.82, 2.24) is 4.98 Å². The van der Waals surface area contributed by atoms with Crippen molar-refractivity contribution >= 4 is 17.0 Å². The van der Waals surface area contributed by atoms with Crippen LogP contribution in [-0.4, -0.2) is 4.98 Å². The summed E-state index contributed by atoms with van der Waals surface area (Å²) < 4.78 is 0. The number of nitriles is 1. The van der Waals surface area contributed by atoms with Crippen molar-refractivity contribution in [2.45, 2.75) is 6.92 Å². The van der Waals surface area contributed by atoms with E-state index in [1.54, 1.807) is 6.07 Å². The van der Waals surface area contributed by atoms with Gasteiger partial charge >= 0.3 is 0 Å². The third-order valence-electron chi connectivity index (χ3n) is 2.19. The minimum Gasteiger partial charge on any atom is -0.256 e. The largest absolute Gasteiger partial charge is 0.256 e. The van der Waals surface area contributed by atoms with E-state index in [4.69, 9.17) is 5.26 Å². The van der Waals surface area contributed by atoms with Crippen LogP contribution >= 0.6 is 0 Å². The summed E-state index contributed by atoms with van der Waals surface area (Å²) in [5, 5.41) is 9.79. The minimum atomic E-state index is 0.668. The van der Waals surface area contributed by atoms with Gasteiger partial charge in [0.15, 0.2) is 0 Å². The standard InChI is InChI=1S/C13H10N2/c1-2-3-11-7-12-6-10(8-14)4-5-13(12)15-9-11/h2-7,9H,1H3/b3-2+. The first-order chi connectivity index (χ1) is 7.33. The Labute approximate surface area is 88.5 Å². The number of pyridine rings is 1. The Morgan fingerprint density at radius 3 is 2.93 bits per heavy atom. The van der Waals surface area contributed by atoms with Crippen LogP contribution in [0.1, 0.15) is 18.1 Å². The lowest BCUT2D eigenvalue weighted by Crippen LogP contribution is -1.82. The number of nitrogens with zero attached hydrogens (tertiary/aromatic N) is 2. The molecule has 2 heteroatoms. The maximum Gasteiger partial charge on any atom is 0.0991 e. The molecule has 0 atom stereocenters. The molecule has 0 N–H and O–H groups in total. The van der Waals surface area contributed by atoms with Gasteiger partial charge in [-0.15, -0.1) is 0 Å². The van der Waals surface area contributed by atoms with Gasteiger partial charge in [0.2, 0.25) is 0 Å². The number of rotatable bonds is 1. The highest BCUT2D eigenvalue weighted by Crippen LogP contribution is 2.15. The first-order valence-electron chi connectivity index (χ1n) is 4.76. The van der Waals surface area contributed by atoms with E-state index in [1.165, 1.54) is 0 Å². The Morgan fingerprint density at radius 1 is 1.33 bits per heavy atom. The fraction of sp³-hybridized carbons (Fsp3) is 0.0769. The molecule has 72 valence electrons. The van der Waals surface area contributed by atoms with Crippen molar-refractivity contribution in [3.8, 4) is 6.07 Å². The van der Waals surface area contributed by atoms with E-state index in [1.807, 2.05) is 43.5 Å². The first kappa shape index (κ1) is 9.42. The summed E-state index contributed by atoms with van der Waals surface area (Å²) in [7, 11) is 0. The van der Waals surface area contributed by atoms with Crippen molar-refractivity contribution in [3.63, 3.8) is 0 Å². The fourth-order valence-electron chi connectivity index (χ4n) is 1.50. The fourth-order valence-corrected chi connectivity index (χ4v) is 1.50. The number of aromatic nitrogens is 1. The van der Waals surface area contributed by atoms with Crippen LogP contribution in [0.25, 0.3) is 17.0 Å². The van der Waals surface area contributed by atoms with Gasteiger partial charge in [-0.3, -0.25) is 4.98 Å². The Bertz CT molecular complexity index is 562. The molecule has 0 aliphatic carbocycles. The summed E-state index contributed by atoms with van der Waals surface area (Å²) in [4.78, 5) is 4.31. The highest BCUT2D eigenvalue weighted by molar-refractivity contribution is 5.82. The lowest BCUT2D eigenvalue weighted by Gasteiger charge is -1.99. The van der Waals surface area contributed by atoms with Gasteiger partial charge in [-0.1, -0.05) is 12.2 Å². The Hall–Kier alpha value is -2.14. The van der Waals surface area contributed by atoms with Crippen LogP contribution < -0.4 is 0 Å². The van der Waals surface area contributed by atoms with Crippen molar-refractivity contribution in [2.75, 3.05) is 0 Å². The first-order valence-corrected chi connectivity index (χ1v) is 4.76. The molecule has 15 heavy (non-hydrogen) atoms. The highest BCUT2D eigenvalue weighted by Gasteiger charge is 1.97. The van der Waals surface area contributed by atoms with Gasteiger partial charge in [0.25, 0.3) is 0 Å². The monoisotopic (exact) mass is 194 g/mol. The van der Waals surface area contributed by atoms with Crippen molar-refractivity contribution < 1.29 is 0 Å². The van der Waals surface area contributed by atoms with Crippen LogP contribution in [0.4, 0.5) is 0 Å². The molecule has 0 spiro atoms. The topological polar surface area (TPSA) is 36.7 Å². The Kier molecular flexibility index (Phi) is 2.47. The Balaban J connectivity index is 2.63. The van der Waals surface area contributed by atoms with Crippen LogP contribution in [0.2, 0.25) is 0 Å². The SMILES string of the molecule is C/C=C/c1cnc2ccc(C#N)cc2c1. The lowest BCUT2D eigenvalue weighted by atomic mass is 10.1. The molecule has 0 saturated carbocycles. The molecule has 0 amide bonds. The molecule has 1 aromatic heterocycles. The van der Waals surface area contributed by atoms with E-state index in [9.17, 15) is 0 Å². The normalized spacial score (nSPS) is 10.7. The van der Waals surface area contributed by atoms with Gasteiger partial charge in [0.1, 0.15) is 0 Å². The Morgan fingerprint density at radius 2 is 2.20 bits per heavy atom. The molecule has 0 bridgehead atoms. The second kappa shape index (κ2) is 3.93. The van der Waals surface area contributed by atoms with E-state index in [0.717, 1.165) is 16.5 Å². The van der Waals surface area contributed by atoms with Crippen LogP contribution in [0, 0.1) is 11.3 Å². The summed E-state index contributed by atoms with van der Waals surface area (Å²) in [6.07, 6.45) is 5.79. The number of fused-ring (bicyclic) bond motifs is 1. The highest BCUT2D eigenvalue weighted by atomic mass is 14.6. The van der Waals surface area contributed by atoms with E-state index in [2.05, 4.69) is 11.1 Å². The molecule has 0 saturated heterocycles. The predicted octanol–water partition coefficient (Wildman–Crippen LogP) is 3.14. The molecule has 0 radical (unpaired) electrons. The zero-order chi connectivity index (χ0) is 10.7. The number of hydrogen-bond donors (Lipinski definition) is 0. The van der Waals surface area contributed by atoms with E-state index in [-0.39, 0.29) is 0 Å². The summed E-state index contributed by atoms with van der Waals surface area (Å²) in [5.41, 5.74) is 2.64. The number of benzene rings is 1. The summed E-state index contributed by atoms with van der Waals surface area (Å²) in [6, 6.07) is 9.66. The lowest BCUT2D eigenvalue weighted by molar-refractivity contribution is 1.39. The minimum absolute atomic E-state index is 0.668. The maximum absolute atomic E-state index is 8.79. The predicted molar refractivity (Wildman–Crippen MR) is 61.2 cm³/mol. The second-order valence-corrected chi connectivity index (χ2v) is 3.29. The molecule has 1 aromatic carbocycles. The quantitative estimate of drug-likeness (QED) is 0.699. The van der Waals surface area contributed by atoms with Gasteiger partial charge in [-0.2, -0.15) is 5.26 Å². The average molecular weight is 194 g/mol. The zero-order valence-electron chi connectivity index (χ0n) is 8.44. The summed E-state index contributed by atoms with van der Waals surface area (Å²) in [6.45, 7) is 1.97. The van der Waals surface area contributed by atoms with E-state index < -0.39 is 0 Å². The number of allylic oxidation sites excluding steroid dienone is 1. The average Bonchev–Trinajstić information content (AvgIpc) is 2.28. The van der Waals surface area contributed by atoms with Crippen molar-refractivity contribution in [2.24, 2.45) is 0 Å². The molecule has 0 unspecified atom stereocenters. The van der Waals surface area contributed by atoms with Crippen LogP contribution in [0.15, 0.2) is 36.5 Å². The van der Waals surface area contributed by atoms with Crippen molar-refractivity contribution in [1.29, 1.82) is 5.26 Å². The van der Waals surface area contributed by atoms with Gasteiger partial charge in [-0.25, -0.2) is 0 Å². The molecule has 2 rings (SSSR count). The molecule has 2 aromatic rings. The second-order valence-electron chi connectivity index (χ2n) is 3.29. The molecule has 0 aliphatic heterocycles. The van der Waals surface area contributed by atoms with Gasteiger partial charge in [0.05, 0.1) is 17.1 Å². The maximum atomic E-state index is 8.79. The van der Waals surface area contributed by atoms with Crippen LogP contribution in [0.5, 0.6) is 0 Å². The smallest absolute Gasteiger partial charge is 0.0991 e. The van der Waals surface area contributed by atoms with Gasteiger partial charge in [0, 0.05) is 11.6 Å². The zero-order valence-corrected chi connectivity index (χ0v) is 8.44. The molecule has 1 heterocycles. The summed E-state index contributed by atoms with van der Waals surface area (Å²) >= 11 is 0. The molecule has 0 fully saturated rings. The third kappa shape index (κ3) is 1.87. The van der Waals surface area contributed by atoms with Gasteiger partial charge in [-0.05, 0) is 36.8 Å². The molecular formula is C13H10N2.